The molecule has 0 amide bonds. The maximum atomic E-state index is 12.6. The van der Waals surface area contributed by atoms with Crippen LogP contribution in [0.4, 0.5) is 13.2 Å². The topological polar surface area (TPSA) is 23.5 Å². The third-order valence-electron chi connectivity index (χ3n) is 3.42. The van der Waals surface area contributed by atoms with Crippen molar-refractivity contribution in [2.75, 3.05) is 20.1 Å². The molecule has 1 aliphatic rings. The van der Waals surface area contributed by atoms with Gasteiger partial charge in [-0.25, -0.2) is 0 Å². The number of hydrogen-bond donors (Lipinski definition) is 1. The standard InChI is InChI=1S/C13H16F3NO/c1-17-6-5-12(18)11(8-17)9-3-2-4-10(7-9)13(14,15)16/h2-4,7,11-12,18H,5-6,8H2,1H3. The molecule has 1 heterocycles. The van der Waals surface area contributed by atoms with Gasteiger partial charge in [-0.1, -0.05) is 18.2 Å². The zero-order chi connectivity index (χ0) is 13.3. The second-order valence-corrected chi connectivity index (χ2v) is 4.85. The minimum atomic E-state index is -4.33. The monoisotopic (exact) mass is 259 g/mol. The van der Waals surface area contributed by atoms with Crippen LogP contribution in [0.3, 0.4) is 0 Å². The van der Waals surface area contributed by atoms with Crippen LogP contribution >= 0.6 is 0 Å². The lowest BCUT2D eigenvalue weighted by molar-refractivity contribution is -0.137. The molecule has 2 nitrogen and oxygen atoms in total. The summed E-state index contributed by atoms with van der Waals surface area (Å²) in [6.07, 6.45) is -4.30. The Morgan fingerprint density at radius 2 is 2.06 bits per heavy atom. The lowest BCUT2D eigenvalue weighted by Gasteiger charge is -2.34. The first kappa shape index (κ1) is 13.4. The molecule has 1 saturated heterocycles. The number of rotatable bonds is 1. The summed E-state index contributed by atoms with van der Waals surface area (Å²) >= 11 is 0. The summed E-state index contributed by atoms with van der Waals surface area (Å²) in [4.78, 5) is 2.03. The van der Waals surface area contributed by atoms with Gasteiger partial charge in [0, 0.05) is 19.0 Å². The molecule has 2 unspecified atom stereocenters. The van der Waals surface area contributed by atoms with E-state index < -0.39 is 17.8 Å². The van der Waals surface area contributed by atoms with E-state index in [0.717, 1.165) is 18.7 Å². The van der Waals surface area contributed by atoms with Gasteiger partial charge in [0.15, 0.2) is 0 Å². The summed E-state index contributed by atoms with van der Waals surface area (Å²) in [7, 11) is 1.91. The Labute approximate surface area is 104 Å². The lowest BCUT2D eigenvalue weighted by Crippen LogP contribution is -2.39. The van der Waals surface area contributed by atoms with Gasteiger partial charge in [-0.3, -0.25) is 0 Å². The van der Waals surface area contributed by atoms with E-state index >= 15 is 0 Å². The normalized spacial score (nSPS) is 26.3. The van der Waals surface area contributed by atoms with Gasteiger partial charge in [0.2, 0.25) is 0 Å². The number of hydrogen-bond acceptors (Lipinski definition) is 2. The van der Waals surface area contributed by atoms with E-state index in [1.54, 1.807) is 6.07 Å². The number of aliphatic hydroxyl groups excluding tert-OH is 1. The molecule has 1 fully saturated rings. The van der Waals surface area contributed by atoms with Crippen LogP contribution in [0.1, 0.15) is 23.5 Å². The molecule has 0 bridgehead atoms. The van der Waals surface area contributed by atoms with Crippen LogP contribution in [0.25, 0.3) is 0 Å². The van der Waals surface area contributed by atoms with Crippen molar-refractivity contribution in [1.82, 2.24) is 4.90 Å². The van der Waals surface area contributed by atoms with Crippen molar-refractivity contribution in [1.29, 1.82) is 0 Å². The Hall–Kier alpha value is -1.07. The summed E-state index contributed by atoms with van der Waals surface area (Å²) < 4.78 is 37.9. The van der Waals surface area contributed by atoms with Crippen LogP contribution in [-0.4, -0.2) is 36.2 Å². The molecule has 1 aromatic rings. The first-order valence-electron chi connectivity index (χ1n) is 5.91. The van der Waals surface area contributed by atoms with Gasteiger partial charge in [-0.05, 0) is 25.1 Å². The fourth-order valence-electron chi connectivity index (χ4n) is 2.38. The molecule has 1 aliphatic heterocycles. The number of likely N-dealkylation sites (N-methyl/N-ethyl adjacent to an activating group) is 1. The molecule has 0 aromatic heterocycles. The van der Waals surface area contributed by atoms with Gasteiger partial charge in [0.25, 0.3) is 0 Å². The highest BCUT2D eigenvalue weighted by atomic mass is 19.4. The Kier molecular flexibility index (Phi) is 3.64. The summed E-state index contributed by atoms with van der Waals surface area (Å²) in [6, 6.07) is 5.26. The molecular formula is C13H16F3NO. The quantitative estimate of drug-likeness (QED) is 0.837. The molecule has 18 heavy (non-hydrogen) atoms. The molecular weight excluding hydrogens is 243 g/mol. The SMILES string of the molecule is CN1CCC(O)C(c2cccc(C(F)(F)F)c2)C1. The van der Waals surface area contributed by atoms with Gasteiger partial charge < -0.3 is 10.0 Å². The molecule has 5 heteroatoms. The van der Waals surface area contributed by atoms with Gasteiger partial charge in [-0.2, -0.15) is 13.2 Å². The summed E-state index contributed by atoms with van der Waals surface area (Å²) in [5, 5.41) is 9.93. The molecule has 0 saturated carbocycles. The Morgan fingerprint density at radius 3 is 2.72 bits per heavy atom. The first-order chi connectivity index (χ1) is 8.38. The summed E-state index contributed by atoms with van der Waals surface area (Å²) in [5.74, 6) is -0.244. The third-order valence-corrected chi connectivity index (χ3v) is 3.42. The molecule has 2 rings (SSSR count). The molecule has 0 radical (unpaired) electrons. The number of alkyl halides is 3. The van der Waals surface area contributed by atoms with E-state index in [9.17, 15) is 18.3 Å². The van der Waals surface area contributed by atoms with Crippen LogP contribution in [-0.2, 0) is 6.18 Å². The summed E-state index contributed by atoms with van der Waals surface area (Å²) in [6.45, 7) is 1.36. The van der Waals surface area contributed by atoms with Gasteiger partial charge in [0.1, 0.15) is 0 Å². The fraction of sp³-hybridized carbons (Fsp3) is 0.538. The van der Waals surface area contributed by atoms with Crippen molar-refractivity contribution in [3.8, 4) is 0 Å². The predicted octanol–water partition coefficient (Wildman–Crippen LogP) is 2.49. The van der Waals surface area contributed by atoms with Crippen molar-refractivity contribution in [3.05, 3.63) is 35.4 Å². The highest BCUT2D eigenvalue weighted by Crippen LogP contribution is 2.33. The largest absolute Gasteiger partial charge is 0.416 e. The fourth-order valence-corrected chi connectivity index (χ4v) is 2.38. The van der Waals surface area contributed by atoms with E-state index in [1.807, 2.05) is 11.9 Å². The number of piperidine rings is 1. The minimum absolute atomic E-state index is 0.244. The maximum absolute atomic E-state index is 12.6. The smallest absolute Gasteiger partial charge is 0.392 e. The average molecular weight is 259 g/mol. The van der Waals surface area contributed by atoms with Gasteiger partial charge >= 0.3 is 6.18 Å². The van der Waals surface area contributed by atoms with Crippen LogP contribution in [0, 0.1) is 0 Å². The maximum Gasteiger partial charge on any atom is 0.416 e. The average Bonchev–Trinajstić information content (AvgIpc) is 2.31. The van der Waals surface area contributed by atoms with E-state index in [4.69, 9.17) is 0 Å². The molecule has 100 valence electrons. The first-order valence-corrected chi connectivity index (χ1v) is 5.91. The number of nitrogens with zero attached hydrogens (tertiary/aromatic N) is 1. The van der Waals surface area contributed by atoms with Crippen LogP contribution in [0.5, 0.6) is 0 Å². The van der Waals surface area contributed by atoms with E-state index in [-0.39, 0.29) is 5.92 Å². The van der Waals surface area contributed by atoms with E-state index in [1.165, 1.54) is 6.07 Å². The number of likely N-dealkylation sites (tertiary alicyclic amines) is 1. The molecule has 2 atom stereocenters. The van der Waals surface area contributed by atoms with Crippen LogP contribution in [0.15, 0.2) is 24.3 Å². The van der Waals surface area contributed by atoms with E-state index in [2.05, 4.69) is 0 Å². The highest BCUT2D eigenvalue weighted by molar-refractivity contribution is 5.29. The Bertz CT molecular complexity index is 419. The van der Waals surface area contributed by atoms with Gasteiger partial charge in [0.05, 0.1) is 11.7 Å². The van der Waals surface area contributed by atoms with Crippen molar-refractivity contribution in [2.24, 2.45) is 0 Å². The molecule has 0 spiro atoms. The molecule has 1 N–H and O–H groups in total. The Balaban J connectivity index is 2.27. The number of halogens is 3. The van der Waals surface area contributed by atoms with E-state index in [0.29, 0.717) is 18.5 Å². The van der Waals surface area contributed by atoms with Crippen molar-refractivity contribution in [2.45, 2.75) is 24.6 Å². The minimum Gasteiger partial charge on any atom is -0.392 e. The lowest BCUT2D eigenvalue weighted by atomic mass is 9.87. The second-order valence-electron chi connectivity index (χ2n) is 4.85. The van der Waals surface area contributed by atoms with Crippen LogP contribution in [0.2, 0.25) is 0 Å². The van der Waals surface area contributed by atoms with Crippen molar-refractivity contribution >= 4 is 0 Å². The number of aliphatic hydroxyl groups is 1. The predicted molar refractivity (Wildman–Crippen MR) is 62.3 cm³/mol. The Morgan fingerprint density at radius 1 is 1.33 bits per heavy atom. The second kappa shape index (κ2) is 4.90. The third kappa shape index (κ3) is 2.84. The molecule has 1 aromatic carbocycles. The zero-order valence-corrected chi connectivity index (χ0v) is 10.1. The van der Waals surface area contributed by atoms with Gasteiger partial charge in [-0.15, -0.1) is 0 Å². The molecule has 0 aliphatic carbocycles. The number of benzene rings is 1. The van der Waals surface area contributed by atoms with Crippen LogP contribution < -0.4 is 0 Å². The van der Waals surface area contributed by atoms with Crippen molar-refractivity contribution < 1.29 is 18.3 Å². The zero-order valence-electron chi connectivity index (χ0n) is 10.1. The highest BCUT2D eigenvalue weighted by Gasteiger charge is 2.33. The summed E-state index contributed by atoms with van der Waals surface area (Å²) in [5.41, 5.74) is -0.0932. The van der Waals surface area contributed by atoms with Crippen molar-refractivity contribution in [3.63, 3.8) is 0 Å².